The van der Waals surface area contributed by atoms with E-state index < -0.39 is 5.79 Å². The molecule has 70 valence electrons. The van der Waals surface area contributed by atoms with Crippen molar-refractivity contribution in [1.82, 2.24) is 0 Å². The van der Waals surface area contributed by atoms with E-state index in [4.69, 9.17) is 14.6 Å². The van der Waals surface area contributed by atoms with Gasteiger partial charge in [0.1, 0.15) is 6.10 Å². The van der Waals surface area contributed by atoms with E-state index >= 15 is 0 Å². The summed E-state index contributed by atoms with van der Waals surface area (Å²) < 4.78 is 10.9. The molecule has 2 atom stereocenters. The van der Waals surface area contributed by atoms with Gasteiger partial charge in [-0.05, 0) is 13.3 Å². The molecule has 0 aromatic heterocycles. The van der Waals surface area contributed by atoms with Crippen molar-refractivity contribution in [2.24, 2.45) is 0 Å². The summed E-state index contributed by atoms with van der Waals surface area (Å²) in [5, 5.41) is 8.80. The highest BCUT2D eigenvalue weighted by molar-refractivity contribution is 4.78. The van der Waals surface area contributed by atoms with E-state index in [9.17, 15) is 0 Å². The molecule has 1 saturated heterocycles. The van der Waals surface area contributed by atoms with Crippen LogP contribution in [0.25, 0.3) is 0 Å². The molecular formula is C9H16O3. The molecule has 0 aliphatic carbocycles. The highest BCUT2D eigenvalue weighted by Crippen LogP contribution is 2.27. The molecular weight excluding hydrogens is 156 g/mol. The smallest absolute Gasteiger partial charge is 0.166 e. The largest absolute Gasteiger partial charge is 0.394 e. The predicted molar refractivity (Wildman–Crippen MR) is 45.7 cm³/mol. The van der Waals surface area contributed by atoms with Gasteiger partial charge >= 0.3 is 0 Å². The zero-order valence-corrected chi connectivity index (χ0v) is 7.45. The van der Waals surface area contributed by atoms with Gasteiger partial charge < -0.3 is 14.6 Å². The molecule has 0 aromatic carbocycles. The molecule has 12 heavy (non-hydrogen) atoms. The van der Waals surface area contributed by atoms with Crippen LogP contribution >= 0.6 is 0 Å². The van der Waals surface area contributed by atoms with Crippen LogP contribution in [0.1, 0.15) is 19.8 Å². The van der Waals surface area contributed by atoms with E-state index in [1.807, 2.05) is 13.0 Å². The summed E-state index contributed by atoms with van der Waals surface area (Å²) >= 11 is 0. The van der Waals surface area contributed by atoms with Crippen molar-refractivity contribution in [2.75, 3.05) is 13.2 Å². The summed E-state index contributed by atoms with van der Waals surface area (Å²) in [6, 6.07) is 0. The molecule has 0 radical (unpaired) electrons. The lowest BCUT2D eigenvalue weighted by molar-refractivity contribution is -0.161. The van der Waals surface area contributed by atoms with Gasteiger partial charge in [0.2, 0.25) is 0 Å². The standard InChI is InChI=1S/C9H16O3/c1-3-4-5-9(2)11-7-8(6-10)12-9/h3,8,10H,1,4-7H2,2H3. The third kappa shape index (κ3) is 2.30. The van der Waals surface area contributed by atoms with Crippen LogP contribution < -0.4 is 0 Å². The number of hydrogen-bond donors (Lipinski definition) is 1. The van der Waals surface area contributed by atoms with Gasteiger partial charge in [0.05, 0.1) is 13.2 Å². The van der Waals surface area contributed by atoms with E-state index in [1.165, 1.54) is 0 Å². The van der Waals surface area contributed by atoms with Gasteiger partial charge in [0, 0.05) is 6.42 Å². The molecule has 1 heterocycles. The predicted octanol–water partition coefficient (Wildman–Crippen LogP) is 1.08. The SMILES string of the molecule is C=CCCC1(C)OCC(CO)O1. The van der Waals surface area contributed by atoms with E-state index in [0.717, 1.165) is 12.8 Å². The quantitative estimate of drug-likeness (QED) is 0.645. The van der Waals surface area contributed by atoms with E-state index in [-0.39, 0.29) is 12.7 Å². The first-order valence-electron chi connectivity index (χ1n) is 4.24. The van der Waals surface area contributed by atoms with Crippen LogP contribution in [0.5, 0.6) is 0 Å². The first-order valence-corrected chi connectivity index (χ1v) is 4.24. The molecule has 1 aliphatic rings. The Kier molecular flexibility index (Phi) is 3.26. The molecule has 0 bridgehead atoms. The summed E-state index contributed by atoms with van der Waals surface area (Å²) in [7, 11) is 0. The maximum atomic E-state index is 8.80. The zero-order chi connectivity index (χ0) is 9.03. The minimum atomic E-state index is -0.512. The number of rotatable bonds is 4. The third-order valence-electron chi connectivity index (χ3n) is 2.00. The monoisotopic (exact) mass is 172 g/mol. The van der Waals surface area contributed by atoms with Gasteiger partial charge in [0.15, 0.2) is 5.79 Å². The second-order valence-electron chi connectivity index (χ2n) is 3.19. The van der Waals surface area contributed by atoms with Crippen molar-refractivity contribution in [3.05, 3.63) is 12.7 Å². The highest BCUT2D eigenvalue weighted by atomic mass is 16.7. The molecule has 3 nitrogen and oxygen atoms in total. The van der Waals surface area contributed by atoms with Gasteiger partial charge in [-0.3, -0.25) is 0 Å². The second kappa shape index (κ2) is 4.03. The third-order valence-corrected chi connectivity index (χ3v) is 2.00. The molecule has 1 fully saturated rings. The number of allylic oxidation sites excluding steroid dienone is 1. The number of aliphatic hydroxyl groups excluding tert-OH is 1. The second-order valence-corrected chi connectivity index (χ2v) is 3.19. The van der Waals surface area contributed by atoms with Gasteiger partial charge in [-0.2, -0.15) is 0 Å². The Hall–Kier alpha value is -0.380. The van der Waals surface area contributed by atoms with Crippen molar-refractivity contribution < 1.29 is 14.6 Å². The fourth-order valence-corrected chi connectivity index (χ4v) is 1.28. The van der Waals surface area contributed by atoms with Gasteiger partial charge in [0.25, 0.3) is 0 Å². The molecule has 0 amide bonds. The van der Waals surface area contributed by atoms with Crippen LogP contribution in [0.4, 0.5) is 0 Å². The van der Waals surface area contributed by atoms with Gasteiger partial charge in [-0.15, -0.1) is 6.58 Å². The Labute approximate surface area is 73.0 Å². The first-order chi connectivity index (χ1) is 5.70. The van der Waals surface area contributed by atoms with Crippen LogP contribution in [0, 0.1) is 0 Å². The Bertz CT molecular complexity index is 158. The first kappa shape index (κ1) is 9.71. The lowest BCUT2D eigenvalue weighted by Crippen LogP contribution is -2.27. The molecule has 0 aromatic rings. The van der Waals surface area contributed by atoms with Crippen molar-refractivity contribution in [1.29, 1.82) is 0 Å². The molecule has 1 rings (SSSR count). The van der Waals surface area contributed by atoms with E-state index in [1.54, 1.807) is 0 Å². The van der Waals surface area contributed by atoms with Crippen molar-refractivity contribution in [3.8, 4) is 0 Å². The van der Waals surface area contributed by atoms with Crippen LogP contribution in [-0.4, -0.2) is 30.2 Å². The summed E-state index contributed by atoms with van der Waals surface area (Å²) in [5.41, 5.74) is 0. The molecule has 0 saturated carbocycles. The molecule has 1 N–H and O–H groups in total. The van der Waals surface area contributed by atoms with Crippen LogP contribution in [-0.2, 0) is 9.47 Å². The lowest BCUT2D eigenvalue weighted by Gasteiger charge is -2.22. The van der Waals surface area contributed by atoms with Crippen LogP contribution in [0.2, 0.25) is 0 Å². The van der Waals surface area contributed by atoms with Crippen molar-refractivity contribution in [3.63, 3.8) is 0 Å². The van der Waals surface area contributed by atoms with Gasteiger partial charge in [-0.1, -0.05) is 6.08 Å². The molecule has 2 unspecified atom stereocenters. The molecule has 1 aliphatic heterocycles. The topological polar surface area (TPSA) is 38.7 Å². The van der Waals surface area contributed by atoms with Crippen molar-refractivity contribution in [2.45, 2.75) is 31.7 Å². The van der Waals surface area contributed by atoms with Crippen LogP contribution in [0.15, 0.2) is 12.7 Å². The average Bonchev–Trinajstić information content (AvgIpc) is 2.45. The Balaban J connectivity index is 2.35. The lowest BCUT2D eigenvalue weighted by atomic mass is 10.2. The number of ether oxygens (including phenoxy) is 2. The molecule has 0 spiro atoms. The van der Waals surface area contributed by atoms with E-state index in [2.05, 4.69) is 6.58 Å². The molecule has 3 heteroatoms. The normalized spacial score (nSPS) is 35.3. The van der Waals surface area contributed by atoms with Gasteiger partial charge in [-0.25, -0.2) is 0 Å². The van der Waals surface area contributed by atoms with Crippen molar-refractivity contribution >= 4 is 0 Å². The summed E-state index contributed by atoms with van der Waals surface area (Å²) in [4.78, 5) is 0. The average molecular weight is 172 g/mol. The number of aliphatic hydroxyl groups is 1. The maximum absolute atomic E-state index is 8.80. The van der Waals surface area contributed by atoms with E-state index in [0.29, 0.717) is 6.61 Å². The summed E-state index contributed by atoms with van der Waals surface area (Å²) in [6.07, 6.45) is 3.35. The summed E-state index contributed by atoms with van der Waals surface area (Å²) in [5.74, 6) is -0.512. The summed E-state index contributed by atoms with van der Waals surface area (Å²) in [6.45, 7) is 6.05. The highest BCUT2D eigenvalue weighted by Gasteiger charge is 2.35. The fraction of sp³-hybridized carbons (Fsp3) is 0.778. The van der Waals surface area contributed by atoms with Crippen LogP contribution in [0.3, 0.4) is 0 Å². The zero-order valence-electron chi connectivity index (χ0n) is 7.45. The fourth-order valence-electron chi connectivity index (χ4n) is 1.28. The Morgan fingerprint density at radius 1 is 1.75 bits per heavy atom. The Morgan fingerprint density at radius 3 is 3.00 bits per heavy atom. The number of hydrogen-bond acceptors (Lipinski definition) is 3. The minimum absolute atomic E-state index is 0.0314. The minimum Gasteiger partial charge on any atom is -0.394 e. The Morgan fingerprint density at radius 2 is 2.50 bits per heavy atom. The maximum Gasteiger partial charge on any atom is 0.166 e.